The zero-order valence-corrected chi connectivity index (χ0v) is 19.5. The van der Waals surface area contributed by atoms with Crippen LogP contribution < -0.4 is 0 Å². The number of hydrogen-bond acceptors (Lipinski definition) is 6. The first-order valence-electron chi connectivity index (χ1n) is 11.6. The van der Waals surface area contributed by atoms with Gasteiger partial charge in [-0.25, -0.2) is 9.36 Å². The summed E-state index contributed by atoms with van der Waals surface area (Å²) in [4.78, 5) is 4.60. The third kappa shape index (κ3) is 5.05. The first-order chi connectivity index (χ1) is 16.7. The Labute approximate surface area is 199 Å². The lowest BCUT2D eigenvalue weighted by molar-refractivity contribution is 0.00370. The number of rotatable bonds is 5. The van der Waals surface area contributed by atoms with E-state index < -0.39 is 0 Å². The van der Waals surface area contributed by atoms with Gasteiger partial charge in [0, 0.05) is 23.9 Å². The van der Waals surface area contributed by atoms with Crippen LogP contribution in [0.2, 0.25) is 0 Å². The van der Waals surface area contributed by atoms with Crippen LogP contribution in [0.15, 0.2) is 48.9 Å². The minimum Gasteiger partial charge on any atom is -0.376 e. The van der Waals surface area contributed by atoms with Crippen LogP contribution in [-0.2, 0) is 17.8 Å². The smallest absolute Gasteiger partial charge is 0.131 e. The molecule has 1 aliphatic heterocycles. The van der Waals surface area contributed by atoms with Gasteiger partial charge in [-0.1, -0.05) is 46.5 Å². The van der Waals surface area contributed by atoms with Gasteiger partial charge in [0.15, 0.2) is 0 Å². The molecule has 1 saturated heterocycles. The summed E-state index contributed by atoms with van der Waals surface area (Å²) >= 11 is 0. The van der Waals surface area contributed by atoms with Crippen LogP contribution in [0.3, 0.4) is 0 Å². The van der Waals surface area contributed by atoms with E-state index in [1.807, 2.05) is 48.3 Å². The Morgan fingerprint density at radius 1 is 1.00 bits per heavy atom. The highest BCUT2D eigenvalue weighted by molar-refractivity contribution is 5.62. The minimum absolute atomic E-state index is 0.216. The second kappa shape index (κ2) is 9.98. The number of benzene rings is 1. The number of hydrogen-bond donors (Lipinski definition) is 0. The average Bonchev–Trinajstić information content (AvgIpc) is 3.50. The van der Waals surface area contributed by atoms with Crippen LogP contribution in [0.5, 0.6) is 0 Å². The summed E-state index contributed by atoms with van der Waals surface area (Å²) in [5, 5.41) is 17.1. The summed E-state index contributed by atoms with van der Waals surface area (Å²) in [6, 6.07) is 10.2. The van der Waals surface area contributed by atoms with Gasteiger partial charge in [0.1, 0.15) is 17.9 Å². The number of ether oxygens (including phenoxy) is 1. The standard InChI is InChI=1S/C26H27N7O/c1-19-8-3-4-11-23(19)24-17-32(30-28-24)12-7-9-21-14-20(2)26(27-15-21)25-18-33(31-29-25)16-22-10-5-6-13-34-22/h3-4,8,11,14-15,17-18,22H,5-6,10,12-13,16H2,1-2H3. The monoisotopic (exact) mass is 453 g/mol. The second-order valence-electron chi connectivity index (χ2n) is 8.62. The molecule has 1 fully saturated rings. The normalized spacial score (nSPS) is 15.6. The molecule has 172 valence electrons. The maximum atomic E-state index is 5.81. The Bertz CT molecular complexity index is 1340. The third-order valence-corrected chi connectivity index (χ3v) is 5.96. The van der Waals surface area contributed by atoms with Crippen LogP contribution in [0.25, 0.3) is 22.6 Å². The van der Waals surface area contributed by atoms with E-state index in [2.05, 4.69) is 50.4 Å². The van der Waals surface area contributed by atoms with E-state index in [1.54, 1.807) is 10.9 Å². The molecular formula is C26H27N7O. The predicted octanol–water partition coefficient (Wildman–Crippen LogP) is 3.84. The van der Waals surface area contributed by atoms with Crippen molar-refractivity contribution in [2.75, 3.05) is 6.61 Å². The molecule has 1 atom stereocenters. The van der Waals surface area contributed by atoms with Gasteiger partial charge in [-0.2, -0.15) is 0 Å². The molecule has 8 nitrogen and oxygen atoms in total. The molecule has 5 rings (SSSR count). The molecule has 0 bridgehead atoms. The fourth-order valence-electron chi connectivity index (χ4n) is 4.15. The maximum absolute atomic E-state index is 5.81. The molecule has 34 heavy (non-hydrogen) atoms. The summed E-state index contributed by atoms with van der Waals surface area (Å²) in [7, 11) is 0. The molecule has 4 aromatic rings. The van der Waals surface area contributed by atoms with Crippen molar-refractivity contribution in [2.24, 2.45) is 0 Å². The van der Waals surface area contributed by atoms with Crippen molar-refractivity contribution in [1.82, 2.24) is 35.0 Å². The van der Waals surface area contributed by atoms with E-state index >= 15 is 0 Å². The summed E-state index contributed by atoms with van der Waals surface area (Å²) in [6.07, 6.45) is 9.28. The molecule has 0 saturated carbocycles. The lowest BCUT2D eigenvalue weighted by Gasteiger charge is -2.21. The highest BCUT2D eigenvalue weighted by Crippen LogP contribution is 2.21. The largest absolute Gasteiger partial charge is 0.376 e. The zero-order valence-electron chi connectivity index (χ0n) is 19.5. The fraction of sp³-hybridized carbons (Fsp3) is 0.346. The van der Waals surface area contributed by atoms with Crippen LogP contribution in [0.4, 0.5) is 0 Å². The molecule has 0 N–H and O–H groups in total. The highest BCUT2D eigenvalue weighted by atomic mass is 16.5. The van der Waals surface area contributed by atoms with Crippen molar-refractivity contribution in [3.63, 3.8) is 0 Å². The van der Waals surface area contributed by atoms with Crippen molar-refractivity contribution in [1.29, 1.82) is 0 Å². The topological polar surface area (TPSA) is 83.5 Å². The average molecular weight is 454 g/mol. The first kappa shape index (κ1) is 22.0. The predicted molar refractivity (Wildman–Crippen MR) is 129 cm³/mol. The van der Waals surface area contributed by atoms with E-state index in [0.717, 1.165) is 59.8 Å². The Morgan fingerprint density at radius 3 is 2.65 bits per heavy atom. The number of nitrogens with zero attached hydrogens (tertiary/aromatic N) is 7. The van der Waals surface area contributed by atoms with E-state index in [1.165, 1.54) is 12.0 Å². The lowest BCUT2D eigenvalue weighted by Crippen LogP contribution is -2.24. The van der Waals surface area contributed by atoms with Gasteiger partial charge in [0.25, 0.3) is 0 Å². The number of aryl methyl sites for hydroxylation is 2. The van der Waals surface area contributed by atoms with Gasteiger partial charge in [-0.15, -0.1) is 10.2 Å². The molecule has 0 amide bonds. The van der Waals surface area contributed by atoms with Crippen LogP contribution in [0.1, 0.15) is 36.0 Å². The Kier molecular flexibility index (Phi) is 6.45. The van der Waals surface area contributed by atoms with Gasteiger partial charge in [0.05, 0.1) is 30.7 Å². The van der Waals surface area contributed by atoms with Crippen molar-refractivity contribution < 1.29 is 4.74 Å². The van der Waals surface area contributed by atoms with Gasteiger partial charge >= 0.3 is 0 Å². The lowest BCUT2D eigenvalue weighted by atomic mass is 10.1. The maximum Gasteiger partial charge on any atom is 0.131 e. The Hall–Kier alpha value is -3.83. The molecule has 8 heteroatoms. The number of pyridine rings is 1. The molecular weight excluding hydrogens is 426 g/mol. The molecule has 3 aromatic heterocycles. The SMILES string of the molecule is Cc1ccccc1-c1cn(CC#Cc2cnc(-c3cn(CC4CCCCO4)nn3)c(C)c2)nn1. The van der Waals surface area contributed by atoms with E-state index in [9.17, 15) is 0 Å². The molecule has 1 aliphatic rings. The molecule has 0 aliphatic carbocycles. The number of aromatic nitrogens is 7. The summed E-state index contributed by atoms with van der Waals surface area (Å²) in [5.41, 5.74) is 6.55. The van der Waals surface area contributed by atoms with Crippen molar-refractivity contribution in [3.8, 4) is 34.5 Å². The molecule has 0 radical (unpaired) electrons. The second-order valence-corrected chi connectivity index (χ2v) is 8.62. The van der Waals surface area contributed by atoms with Gasteiger partial charge in [-0.3, -0.25) is 4.98 Å². The summed E-state index contributed by atoms with van der Waals surface area (Å²) in [5.74, 6) is 6.33. The summed E-state index contributed by atoms with van der Waals surface area (Å²) in [6.45, 7) is 6.10. The first-order valence-corrected chi connectivity index (χ1v) is 11.6. The van der Waals surface area contributed by atoms with Gasteiger partial charge in [0.2, 0.25) is 0 Å². The Balaban J connectivity index is 1.24. The van der Waals surface area contributed by atoms with E-state index in [-0.39, 0.29) is 6.10 Å². The fourth-order valence-corrected chi connectivity index (χ4v) is 4.15. The summed E-state index contributed by atoms with van der Waals surface area (Å²) < 4.78 is 9.40. The molecule has 4 heterocycles. The Morgan fingerprint density at radius 2 is 1.82 bits per heavy atom. The van der Waals surface area contributed by atoms with Crippen molar-refractivity contribution >= 4 is 0 Å². The third-order valence-electron chi connectivity index (χ3n) is 5.96. The van der Waals surface area contributed by atoms with Crippen molar-refractivity contribution in [2.45, 2.75) is 52.3 Å². The highest BCUT2D eigenvalue weighted by Gasteiger charge is 2.16. The minimum atomic E-state index is 0.216. The van der Waals surface area contributed by atoms with Crippen LogP contribution in [0, 0.1) is 25.7 Å². The van der Waals surface area contributed by atoms with Crippen LogP contribution in [-0.4, -0.2) is 47.7 Å². The van der Waals surface area contributed by atoms with E-state index in [0.29, 0.717) is 6.54 Å². The molecule has 0 spiro atoms. The quantitative estimate of drug-likeness (QED) is 0.427. The van der Waals surface area contributed by atoms with Crippen LogP contribution >= 0.6 is 0 Å². The molecule has 1 aromatic carbocycles. The zero-order chi connectivity index (χ0) is 23.3. The van der Waals surface area contributed by atoms with Crippen molar-refractivity contribution in [3.05, 3.63) is 65.6 Å². The molecule has 1 unspecified atom stereocenters. The van der Waals surface area contributed by atoms with Gasteiger partial charge < -0.3 is 4.74 Å². The van der Waals surface area contributed by atoms with Gasteiger partial charge in [-0.05, 0) is 50.3 Å². The van der Waals surface area contributed by atoms with E-state index in [4.69, 9.17) is 4.74 Å².